The van der Waals surface area contributed by atoms with Gasteiger partial charge in [-0.15, -0.1) is 0 Å². The van der Waals surface area contributed by atoms with Crippen molar-refractivity contribution >= 4 is 44.8 Å². The lowest BCUT2D eigenvalue weighted by molar-refractivity contribution is -0.122. The second-order valence-corrected chi connectivity index (χ2v) is 9.59. The van der Waals surface area contributed by atoms with E-state index in [0.717, 1.165) is 4.31 Å². The quantitative estimate of drug-likeness (QED) is 0.706. The van der Waals surface area contributed by atoms with Crippen LogP contribution in [-0.2, 0) is 24.4 Å². The van der Waals surface area contributed by atoms with Crippen molar-refractivity contribution < 1.29 is 22.8 Å². The highest BCUT2D eigenvalue weighted by Gasteiger charge is 2.35. The number of hydrogen-bond donors (Lipinski definition) is 2. The third-order valence-electron chi connectivity index (χ3n) is 4.87. The van der Waals surface area contributed by atoms with Gasteiger partial charge in [-0.1, -0.05) is 6.07 Å². The summed E-state index contributed by atoms with van der Waals surface area (Å²) >= 11 is 0. The molecule has 0 spiro atoms. The number of sulfonamides is 1. The molecule has 0 saturated carbocycles. The number of carbonyl (C=O) groups is 3. The molecule has 10 heteroatoms. The number of nitrogens with zero attached hydrogens (tertiary/aromatic N) is 2. The first-order valence-corrected chi connectivity index (χ1v) is 11.0. The minimum absolute atomic E-state index is 0.0506. The third-order valence-corrected chi connectivity index (χ3v) is 6.70. The Balaban J connectivity index is 1.69. The summed E-state index contributed by atoms with van der Waals surface area (Å²) in [6, 6.07) is 12.8. The molecule has 164 valence electrons. The van der Waals surface area contributed by atoms with Crippen LogP contribution in [0.1, 0.15) is 13.3 Å². The summed E-state index contributed by atoms with van der Waals surface area (Å²) in [5.41, 5.74) is 1.60. The average molecular weight is 445 g/mol. The molecule has 0 bridgehead atoms. The minimum Gasteiger partial charge on any atom is -0.326 e. The molecule has 1 atom stereocenters. The van der Waals surface area contributed by atoms with Crippen LogP contribution in [0.25, 0.3) is 0 Å². The van der Waals surface area contributed by atoms with E-state index in [1.54, 1.807) is 36.4 Å². The summed E-state index contributed by atoms with van der Waals surface area (Å²) in [5.74, 6) is -1.29. The molecular formula is C21H24N4O5S. The molecule has 1 aliphatic rings. The maximum atomic E-state index is 12.7. The Labute approximate surface area is 181 Å². The van der Waals surface area contributed by atoms with E-state index in [9.17, 15) is 22.8 Å². The topological polar surface area (TPSA) is 116 Å². The van der Waals surface area contributed by atoms with Crippen LogP contribution in [0.3, 0.4) is 0 Å². The molecule has 2 aromatic carbocycles. The van der Waals surface area contributed by atoms with Gasteiger partial charge in [-0.25, -0.2) is 12.7 Å². The highest BCUT2D eigenvalue weighted by Crippen LogP contribution is 2.28. The van der Waals surface area contributed by atoms with Crippen molar-refractivity contribution in [2.24, 2.45) is 5.92 Å². The Kier molecular flexibility index (Phi) is 6.42. The van der Waals surface area contributed by atoms with Crippen molar-refractivity contribution in [3.63, 3.8) is 0 Å². The molecule has 1 saturated heterocycles. The van der Waals surface area contributed by atoms with Crippen LogP contribution >= 0.6 is 0 Å². The predicted octanol–water partition coefficient (Wildman–Crippen LogP) is 1.89. The van der Waals surface area contributed by atoms with E-state index >= 15 is 0 Å². The molecule has 2 N–H and O–H groups in total. The van der Waals surface area contributed by atoms with E-state index in [1.807, 2.05) is 0 Å². The van der Waals surface area contributed by atoms with Crippen molar-refractivity contribution in [2.45, 2.75) is 18.2 Å². The normalized spacial score (nSPS) is 16.5. The Morgan fingerprint density at radius 1 is 1.03 bits per heavy atom. The van der Waals surface area contributed by atoms with Crippen LogP contribution in [0.5, 0.6) is 0 Å². The fourth-order valence-corrected chi connectivity index (χ4v) is 4.17. The van der Waals surface area contributed by atoms with Gasteiger partial charge in [-0.2, -0.15) is 0 Å². The first-order chi connectivity index (χ1) is 14.6. The molecule has 0 unspecified atom stereocenters. The Bertz CT molecular complexity index is 1110. The largest absolute Gasteiger partial charge is 0.326 e. The molecule has 9 nitrogen and oxygen atoms in total. The zero-order valence-electron chi connectivity index (χ0n) is 17.5. The Hall–Kier alpha value is -3.24. The summed E-state index contributed by atoms with van der Waals surface area (Å²) in [4.78, 5) is 37.9. The second kappa shape index (κ2) is 8.86. The van der Waals surface area contributed by atoms with Gasteiger partial charge in [-0.3, -0.25) is 14.4 Å². The number of amides is 3. The van der Waals surface area contributed by atoms with Crippen molar-refractivity contribution in [3.8, 4) is 0 Å². The number of anilines is 3. The molecule has 0 aromatic heterocycles. The van der Waals surface area contributed by atoms with E-state index in [1.165, 1.54) is 38.1 Å². The van der Waals surface area contributed by atoms with Crippen molar-refractivity contribution in [1.82, 2.24) is 4.31 Å². The Morgan fingerprint density at radius 3 is 2.23 bits per heavy atom. The average Bonchev–Trinajstić information content (AvgIpc) is 3.09. The highest BCUT2D eigenvalue weighted by atomic mass is 32.2. The van der Waals surface area contributed by atoms with E-state index in [4.69, 9.17) is 0 Å². The fraction of sp³-hybridized carbons (Fsp3) is 0.286. The first kappa shape index (κ1) is 22.4. The van der Waals surface area contributed by atoms with Crippen molar-refractivity contribution in [3.05, 3.63) is 48.5 Å². The molecular weight excluding hydrogens is 420 g/mol. The molecule has 3 amide bonds. The van der Waals surface area contributed by atoms with E-state index < -0.39 is 15.9 Å². The van der Waals surface area contributed by atoms with Crippen LogP contribution in [0.4, 0.5) is 17.1 Å². The number of nitrogens with one attached hydrogen (secondary N) is 2. The van der Waals surface area contributed by atoms with Gasteiger partial charge < -0.3 is 15.5 Å². The lowest BCUT2D eigenvalue weighted by atomic mass is 10.1. The number of hydrogen-bond acceptors (Lipinski definition) is 5. The molecule has 2 aromatic rings. The third kappa shape index (κ3) is 5.09. The zero-order chi connectivity index (χ0) is 22.8. The predicted molar refractivity (Wildman–Crippen MR) is 117 cm³/mol. The van der Waals surface area contributed by atoms with Crippen LogP contribution in [-0.4, -0.2) is 51.1 Å². The molecule has 3 rings (SSSR count). The first-order valence-electron chi connectivity index (χ1n) is 9.59. The monoisotopic (exact) mass is 444 g/mol. The number of rotatable bonds is 6. The molecule has 0 aliphatic carbocycles. The van der Waals surface area contributed by atoms with Gasteiger partial charge in [-0.05, 0) is 42.5 Å². The van der Waals surface area contributed by atoms with Crippen LogP contribution in [0.15, 0.2) is 53.4 Å². The molecule has 31 heavy (non-hydrogen) atoms. The van der Waals surface area contributed by atoms with E-state index in [0.29, 0.717) is 17.1 Å². The van der Waals surface area contributed by atoms with Gasteiger partial charge in [0.25, 0.3) is 0 Å². The molecule has 1 fully saturated rings. The van der Waals surface area contributed by atoms with Gasteiger partial charge >= 0.3 is 0 Å². The van der Waals surface area contributed by atoms with Crippen molar-refractivity contribution in [2.75, 3.05) is 36.2 Å². The van der Waals surface area contributed by atoms with E-state index in [-0.39, 0.29) is 35.6 Å². The van der Waals surface area contributed by atoms with Crippen LogP contribution in [0.2, 0.25) is 0 Å². The standard InChI is InChI=1S/C21H24N4O5S/c1-14(26)22-16-5-4-6-17(12-16)23-21(28)15-11-20(27)25(13-15)18-7-9-19(10-8-18)31(29,30)24(2)3/h4-10,12,15H,11,13H2,1-3H3,(H,22,26)(H,23,28)/t15-/m0/s1. The summed E-state index contributed by atoms with van der Waals surface area (Å²) in [5, 5.41) is 5.42. The SMILES string of the molecule is CC(=O)Nc1cccc(NC(=O)[C@H]2CC(=O)N(c3ccc(S(=O)(=O)N(C)C)cc3)C2)c1. The van der Waals surface area contributed by atoms with Gasteiger partial charge in [0.15, 0.2) is 0 Å². The van der Waals surface area contributed by atoms with Gasteiger partial charge in [0.2, 0.25) is 27.7 Å². The molecule has 0 radical (unpaired) electrons. The number of carbonyl (C=O) groups excluding carboxylic acids is 3. The van der Waals surface area contributed by atoms with Crippen LogP contribution in [0, 0.1) is 5.92 Å². The van der Waals surface area contributed by atoms with E-state index in [2.05, 4.69) is 10.6 Å². The van der Waals surface area contributed by atoms with Gasteiger partial charge in [0.1, 0.15) is 0 Å². The second-order valence-electron chi connectivity index (χ2n) is 7.44. The highest BCUT2D eigenvalue weighted by molar-refractivity contribution is 7.89. The maximum Gasteiger partial charge on any atom is 0.242 e. The zero-order valence-corrected chi connectivity index (χ0v) is 18.3. The van der Waals surface area contributed by atoms with Crippen molar-refractivity contribution in [1.29, 1.82) is 0 Å². The lowest BCUT2D eigenvalue weighted by Crippen LogP contribution is -2.28. The lowest BCUT2D eigenvalue weighted by Gasteiger charge is -2.18. The summed E-state index contributed by atoms with van der Waals surface area (Å²) < 4.78 is 25.5. The summed E-state index contributed by atoms with van der Waals surface area (Å²) in [7, 11) is -0.668. The fourth-order valence-electron chi connectivity index (χ4n) is 3.26. The summed E-state index contributed by atoms with van der Waals surface area (Å²) in [6.07, 6.45) is 0.0506. The smallest absolute Gasteiger partial charge is 0.242 e. The van der Waals surface area contributed by atoms with Crippen LogP contribution < -0.4 is 15.5 Å². The number of benzene rings is 2. The molecule has 1 aliphatic heterocycles. The van der Waals surface area contributed by atoms with Gasteiger partial charge in [0, 0.05) is 51.0 Å². The minimum atomic E-state index is -3.56. The summed E-state index contributed by atoms with van der Waals surface area (Å²) in [6.45, 7) is 1.59. The maximum absolute atomic E-state index is 12.7. The molecule has 1 heterocycles. The van der Waals surface area contributed by atoms with Gasteiger partial charge in [0.05, 0.1) is 10.8 Å². The Morgan fingerprint density at radius 2 is 1.65 bits per heavy atom.